The van der Waals surface area contributed by atoms with Crippen molar-refractivity contribution < 1.29 is 18.0 Å². The van der Waals surface area contributed by atoms with Crippen LogP contribution in [0.1, 0.15) is 25.0 Å². The molecule has 0 aromatic carbocycles. The molecule has 7 heteroatoms. The van der Waals surface area contributed by atoms with Gasteiger partial charge in [-0.25, -0.2) is 9.78 Å². The Labute approximate surface area is 114 Å². The Morgan fingerprint density at radius 3 is 2.65 bits per heavy atom. The Morgan fingerprint density at radius 1 is 1.35 bits per heavy atom. The topological polar surface area (TPSA) is 45.2 Å². The van der Waals surface area contributed by atoms with Crippen LogP contribution < -0.4 is 10.2 Å². The molecule has 1 saturated carbocycles. The molecular formula is C13H14F3N3O. The molecule has 1 saturated heterocycles. The summed E-state index contributed by atoms with van der Waals surface area (Å²) in [5, 5.41) is 2.86. The van der Waals surface area contributed by atoms with Gasteiger partial charge < -0.3 is 5.32 Å². The molecule has 0 bridgehead atoms. The van der Waals surface area contributed by atoms with Crippen LogP contribution >= 0.6 is 0 Å². The molecule has 0 unspecified atom stereocenters. The normalized spacial score (nSPS) is 23.1. The summed E-state index contributed by atoms with van der Waals surface area (Å²) in [6.45, 7) is 0.488. The minimum Gasteiger partial charge on any atom is -0.333 e. The van der Waals surface area contributed by atoms with Crippen molar-refractivity contribution in [3.63, 3.8) is 0 Å². The minimum absolute atomic E-state index is 0.0808. The number of hydrogen-bond acceptors (Lipinski definition) is 2. The van der Waals surface area contributed by atoms with Crippen LogP contribution in [-0.4, -0.2) is 23.6 Å². The molecule has 20 heavy (non-hydrogen) atoms. The number of urea groups is 1. The summed E-state index contributed by atoms with van der Waals surface area (Å²) >= 11 is 0. The Hall–Kier alpha value is -1.79. The van der Waals surface area contributed by atoms with Crippen molar-refractivity contribution in [2.45, 2.75) is 31.5 Å². The highest BCUT2D eigenvalue weighted by molar-refractivity contribution is 5.94. The van der Waals surface area contributed by atoms with Gasteiger partial charge in [-0.15, -0.1) is 0 Å². The molecule has 3 rings (SSSR count). The van der Waals surface area contributed by atoms with E-state index in [9.17, 15) is 18.0 Å². The average Bonchev–Trinajstić information content (AvgIpc) is 3.11. The number of halogens is 3. The van der Waals surface area contributed by atoms with Gasteiger partial charge in [-0.3, -0.25) is 4.90 Å². The van der Waals surface area contributed by atoms with Crippen LogP contribution in [0.5, 0.6) is 0 Å². The van der Waals surface area contributed by atoms with E-state index in [0.717, 1.165) is 18.7 Å². The third-order valence-corrected chi connectivity index (χ3v) is 3.64. The molecule has 1 aliphatic carbocycles. The minimum atomic E-state index is -4.46. The average molecular weight is 285 g/mol. The molecule has 2 fully saturated rings. The van der Waals surface area contributed by atoms with E-state index in [1.54, 1.807) is 0 Å². The van der Waals surface area contributed by atoms with E-state index in [1.165, 1.54) is 23.8 Å². The number of hydrogen-bond donors (Lipinski definition) is 1. The zero-order chi connectivity index (χ0) is 14.3. The largest absolute Gasteiger partial charge is 0.433 e. The number of amides is 2. The fraction of sp³-hybridized carbons (Fsp3) is 0.538. The monoisotopic (exact) mass is 285 g/mol. The summed E-state index contributed by atoms with van der Waals surface area (Å²) < 4.78 is 37.3. The summed E-state index contributed by atoms with van der Waals surface area (Å²) in [7, 11) is 0. The highest BCUT2D eigenvalue weighted by atomic mass is 19.4. The third-order valence-electron chi connectivity index (χ3n) is 3.64. The van der Waals surface area contributed by atoms with Crippen molar-refractivity contribution in [3.05, 3.63) is 24.0 Å². The maximum absolute atomic E-state index is 12.4. The van der Waals surface area contributed by atoms with Crippen LogP contribution in [0.15, 0.2) is 18.3 Å². The van der Waals surface area contributed by atoms with E-state index in [0.29, 0.717) is 18.2 Å². The Balaban J connectivity index is 1.70. The highest BCUT2D eigenvalue weighted by Crippen LogP contribution is 2.35. The summed E-state index contributed by atoms with van der Waals surface area (Å²) in [5.74, 6) is 0.686. The fourth-order valence-electron chi connectivity index (χ4n) is 2.43. The lowest BCUT2D eigenvalue weighted by molar-refractivity contribution is -0.141. The molecule has 1 aliphatic heterocycles. The quantitative estimate of drug-likeness (QED) is 0.928. The number of alkyl halides is 3. The maximum atomic E-state index is 12.4. The number of carbonyl (C=O) groups excluding carboxylic acids is 1. The van der Waals surface area contributed by atoms with E-state index >= 15 is 0 Å². The molecule has 108 valence electrons. The van der Waals surface area contributed by atoms with Gasteiger partial charge in [-0.2, -0.15) is 13.2 Å². The van der Waals surface area contributed by atoms with Gasteiger partial charge in [-0.05, 0) is 24.5 Å². The first-order valence-corrected chi connectivity index (χ1v) is 6.55. The summed E-state index contributed by atoms with van der Waals surface area (Å²) in [6.07, 6.45) is -0.0130. The Kier molecular flexibility index (Phi) is 3.07. The first kappa shape index (κ1) is 13.2. The van der Waals surface area contributed by atoms with Crippen LogP contribution in [0, 0.1) is 5.92 Å². The van der Waals surface area contributed by atoms with Crippen LogP contribution in [0.4, 0.5) is 23.7 Å². The van der Waals surface area contributed by atoms with Crippen LogP contribution in [-0.2, 0) is 6.18 Å². The van der Waals surface area contributed by atoms with E-state index in [4.69, 9.17) is 0 Å². The molecule has 0 radical (unpaired) electrons. The Morgan fingerprint density at radius 2 is 2.10 bits per heavy atom. The van der Waals surface area contributed by atoms with Gasteiger partial charge in [0.15, 0.2) is 0 Å². The van der Waals surface area contributed by atoms with E-state index < -0.39 is 11.9 Å². The van der Waals surface area contributed by atoms with Crippen LogP contribution in [0.2, 0.25) is 0 Å². The van der Waals surface area contributed by atoms with Crippen molar-refractivity contribution in [1.82, 2.24) is 10.3 Å². The van der Waals surface area contributed by atoms with Crippen LogP contribution in [0.3, 0.4) is 0 Å². The molecule has 1 atom stereocenters. The van der Waals surface area contributed by atoms with E-state index in [2.05, 4.69) is 10.3 Å². The number of carbonyl (C=O) groups is 1. The molecule has 2 amide bonds. The first-order chi connectivity index (χ1) is 9.43. The number of nitrogens with one attached hydrogen (secondary N) is 1. The van der Waals surface area contributed by atoms with Gasteiger partial charge in [0, 0.05) is 12.6 Å². The number of rotatable bonds is 3. The van der Waals surface area contributed by atoms with E-state index in [1.807, 2.05) is 0 Å². The van der Waals surface area contributed by atoms with Crippen molar-refractivity contribution >= 4 is 11.7 Å². The van der Waals surface area contributed by atoms with Crippen molar-refractivity contribution in [2.75, 3.05) is 11.4 Å². The molecule has 2 heterocycles. The zero-order valence-electron chi connectivity index (χ0n) is 10.7. The maximum Gasteiger partial charge on any atom is 0.433 e. The number of nitrogens with zero attached hydrogens (tertiary/aromatic N) is 2. The summed E-state index contributed by atoms with van der Waals surface area (Å²) in [4.78, 5) is 16.7. The van der Waals surface area contributed by atoms with Crippen molar-refractivity contribution in [3.8, 4) is 0 Å². The Bertz CT molecular complexity index is 511. The van der Waals surface area contributed by atoms with Gasteiger partial charge in [-0.1, -0.05) is 12.8 Å². The predicted molar refractivity (Wildman–Crippen MR) is 66.2 cm³/mol. The smallest absolute Gasteiger partial charge is 0.333 e. The number of pyridine rings is 1. The lowest BCUT2D eigenvalue weighted by atomic mass is 10.1. The number of aromatic nitrogens is 1. The van der Waals surface area contributed by atoms with Crippen LogP contribution in [0.25, 0.3) is 0 Å². The summed E-state index contributed by atoms with van der Waals surface area (Å²) in [6, 6.07) is 2.00. The van der Waals surface area contributed by atoms with Gasteiger partial charge in [0.25, 0.3) is 0 Å². The fourth-order valence-corrected chi connectivity index (χ4v) is 2.43. The predicted octanol–water partition coefficient (Wildman–Crippen LogP) is 2.80. The second kappa shape index (κ2) is 4.64. The molecule has 1 aromatic rings. The second-order valence-corrected chi connectivity index (χ2v) is 5.34. The lowest BCUT2D eigenvalue weighted by Crippen LogP contribution is -2.28. The van der Waals surface area contributed by atoms with E-state index in [-0.39, 0.29) is 12.1 Å². The van der Waals surface area contributed by atoms with Gasteiger partial charge >= 0.3 is 12.2 Å². The second-order valence-electron chi connectivity index (χ2n) is 5.34. The molecule has 1 N–H and O–H groups in total. The summed E-state index contributed by atoms with van der Waals surface area (Å²) in [5.41, 5.74) is -0.552. The van der Waals surface area contributed by atoms with Gasteiger partial charge in [0.05, 0.1) is 11.9 Å². The molecule has 0 spiro atoms. The SMILES string of the molecule is O=C1N[C@@H](CC2CC2)CN1c1ccc(C(F)(F)F)nc1. The van der Waals surface area contributed by atoms with Crippen molar-refractivity contribution in [1.29, 1.82) is 0 Å². The number of anilines is 1. The molecule has 1 aromatic heterocycles. The lowest BCUT2D eigenvalue weighted by Gasteiger charge is -2.15. The molecule has 4 nitrogen and oxygen atoms in total. The first-order valence-electron chi connectivity index (χ1n) is 6.55. The van der Waals surface area contributed by atoms with Crippen molar-refractivity contribution in [2.24, 2.45) is 5.92 Å². The standard InChI is InChI=1S/C13H14F3N3O/c14-13(15,16)11-4-3-10(6-17-11)19-7-9(18-12(19)20)5-8-1-2-8/h3-4,6,8-9H,1-2,5,7H2,(H,18,20)/t9-/m0/s1. The third kappa shape index (κ3) is 2.71. The van der Waals surface area contributed by atoms with Gasteiger partial charge in [0.2, 0.25) is 0 Å². The molecule has 2 aliphatic rings. The van der Waals surface area contributed by atoms with Gasteiger partial charge in [0.1, 0.15) is 5.69 Å². The zero-order valence-corrected chi connectivity index (χ0v) is 10.7. The highest BCUT2D eigenvalue weighted by Gasteiger charge is 2.35. The molecular weight excluding hydrogens is 271 g/mol.